The number of carbonyl (C=O) groups excluding carboxylic acids is 1. The second-order valence-electron chi connectivity index (χ2n) is 9.40. The van der Waals surface area contributed by atoms with Gasteiger partial charge in [0.15, 0.2) is 0 Å². The largest absolute Gasteiger partial charge is 0.417 e. The molecule has 2 aromatic rings. The van der Waals surface area contributed by atoms with Crippen LogP contribution in [0.2, 0.25) is 0 Å². The molecule has 1 amide bonds. The van der Waals surface area contributed by atoms with E-state index in [1.54, 1.807) is 0 Å². The zero-order valence-corrected chi connectivity index (χ0v) is 22.8. The molecule has 4 rings (SSSR count). The van der Waals surface area contributed by atoms with E-state index < -0.39 is 50.5 Å². The molecule has 0 bridgehead atoms. The fourth-order valence-corrected chi connectivity index (χ4v) is 6.16. The number of nitrogens with zero attached hydrogens (tertiary/aromatic N) is 5. The van der Waals surface area contributed by atoms with Crippen molar-refractivity contribution in [1.82, 2.24) is 29.5 Å². The highest BCUT2D eigenvalue weighted by Crippen LogP contribution is 2.37. The Balaban J connectivity index is 0.00000441. The normalized spacial score (nSPS) is 19.2. The maximum Gasteiger partial charge on any atom is 0.417 e. The predicted octanol–water partition coefficient (Wildman–Crippen LogP) is 2.56. The molecule has 2 aliphatic heterocycles. The Hall–Kier alpha value is -2.47. The number of sulfonamides is 1. The second kappa shape index (κ2) is 11.8. The van der Waals surface area contributed by atoms with Crippen LogP contribution in [-0.2, 0) is 34.2 Å². The summed E-state index contributed by atoms with van der Waals surface area (Å²) < 4.78 is 113. The van der Waals surface area contributed by atoms with Crippen LogP contribution in [0, 0.1) is 0 Å². The number of ether oxygens (including phenoxy) is 1. The van der Waals surface area contributed by atoms with Crippen LogP contribution >= 0.6 is 12.4 Å². The summed E-state index contributed by atoms with van der Waals surface area (Å²) in [6.45, 7) is 1.25. The Labute approximate surface area is 232 Å². The number of carbonyl (C=O) groups is 1. The van der Waals surface area contributed by atoms with Crippen molar-refractivity contribution < 1.29 is 44.3 Å². The van der Waals surface area contributed by atoms with Gasteiger partial charge in [0.2, 0.25) is 5.03 Å². The first-order valence-electron chi connectivity index (χ1n) is 11.9. The molecule has 1 aromatic carbocycles. The van der Waals surface area contributed by atoms with Gasteiger partial charge in [-0.05, 0) is 31.0 Å². The Morgan fingerprint density at radius 1 is 1.05 bits per heavy atom. The molecule has 10 nitrogen and oxygen atoms in total. The maximum atomic E-state index is 13.6. The van der Waals surface area contributed by atoms with Crippen LogP contribution in [0.1, 0.15) is 34.3 Å². The van der Waals surface area contributed by atoms with Crippen LogP contribution in [0.25, 0.3) is 0 Å². The van der Waals surface area contributed by atoms with Crippen molar-refractivity contribution in [2.45, 2.75) is 35.8 Å². The van der Waals surface area contributed by atoms with Crippen LogP contribution in [0.15, 0.2) is 29.4 Å². The molecule has 224 valence electrons. The SMILES string of the molecule is Cl.Cn1cc(S(=O)(=O)N2CCN(C3(CNC(=O)c4ccc(C(F)(F)F)cc4C(F)(F)F)CCOCC3)CC2)nn1. The van der Waals surface area contributed by atoms with Gasteiger partial charge in [-0.15, -0.1) is 17.5 Å². The molecule has 0 unspecified atom stereocenters. The van der Waals surface area contributed by atoms with Gasteiger partial charge in [0.1, 0.15) is 0 Å². The van der Waals surface area contributed by atoms with Crippen LogP contribution in [-0.4, -0.2) is 90.0 Å². The smallest absolute Gasteiger partial charge is 0.381 e. The molecule has 40 heavy (non-hydrogen) atoms. The molecule has 1 N–H and O–H groups in total. The van der Waals surface area contributed by atoms with Crippen molar-refractivity contribution in [2.24, 2.45) is 7.05 Å². The first kappa shape index (κ1) is 32.0. The molecule has 3 heterocycles. The summed E-state index contributed by atoms with van der Waals surface area (Å²) in [5, 5.41) is 9.61. The topological polar surface area (TPSA) is 110 Å². The van der Waals surface area contributed by atoms with E-state index in [0.717, 1.165) is 0 Å². The highest BCUT2D eigenvalue weighted by Gasteiger charge is 2.43. The zero-order valence-electron chi connectivity index (χ0n) is 21.1. The number of hydrogen-bond donors (Lipinski definition) is 1. The van der Waals surface area contributed by atoms with Gasteiger partial charge in [0.25, 0.3) is 15.9 Å². The summed E-state index contributed by atoms with van der Waals surface area (Å²) in [6, 6.07) is 0.884. The van der Waals surface area contributed by atoms with Crippen molar-refractivity contribution >= 4 is 28.3 Å². The Morgan fingerprint density at radius 2 is 1.68 bits per heavy atom. The molecule has 2 aliphatic rings. The van der Waals surface area contributed by atoms with Gasteiger partial charge in [-0.25, -0.2) is 8.42 Å². The minimum Gasteiger partial charge on any atom is -0.381 e. The lowest BCUT2D eigenvalue weighted by Crippen LogP contribution is -2.63. The Bertz CT molecular complexity index is 1310. The van der Waals surface area contributed by atoms with Gasteiger partial charge in [-0.1, -0.05) is 5.21 Å². The molecular formula is C22H27ClF6N6O4S. The molecule has 1 aromatic heterocycles. The lowest BCUT2D eigenvalue weighted by Gasteiger charge is -2.49. The molecule has 0 aliphatic carbocycles. The number of aryl methyl sites for hydroxylation is 1. The molecule has 2 fully saturated rings. The molecule has 0 radical (unpaired) electrons. The average Bonchev–Trinajstić information content (AvgIpc) is 3.33. The van der Waals surface area contributed by atoms with Crippen LogP contribution in [0.3, 0.4) is 0 Å². The summed E-state index contributed by atoms with van der Waals surface area (Å²) in [4.78, 5) is 14.8. The molecule has 0 saturated carbocycles. The maximum absolute atomic E-state index is 13.6. The number of aromatic nitrogens is 3. The number of alkyl halides is 6. The zero-order chi connectivity index (χ0) is 28.6. The van der Waals surface area contributed by atoms with Crippen LogP contribution < -0.4 is 5.32 Å². The van der Waals surface area contributed by atoms with Crippen molar-refractivity contribution in [3.63, 3.8) is 0 Å². The second-order valence-corrected chi connectivity index (χ2v) is 11.3. The van der Waals surface area contributed by atoms with E-state index in [9.17, 15) is 39.6 Å². The van der Waals surface area contributed by atoms with E-state index in [0.29, 0.717) is 38.2 Å². The number of piperazine rings is 1. The Morgan fingerprint density at radius 3 is 2.20 bits per heavy atom. The third kappa shape index (κ3) is 6.70. The van der Waals surface area contributed by atoms with E-state index in [1.807, 2.05) is 4.90 Å². The van der Waals surface area contributed by atoms with Gasteiger partial charge < -0.3 is 10.1 Å². The number of amides is 1. The molecular weight excluding hydrogens is 594 g/mol. The summed E-state index contributed by atoms with van der Waals surface area (Å²) in [7, 11) is -2.34. The van der Waals surface area contributed by atoms with E-state index >= 15 is 0 Å². The van der Waals surface area contributed by atoms with Gasteiger partial charge in [0, 0.05) is 58.5 Å². The monoisotopic (exact) mass is 620 g/mol. The van der Waals surface area contributed by atoms with E-state index in [4.69, 9.17) is 4.74 Å². The molecule has 18 heteroatoms. The lowest BCUT2D eigenvalue weighted by molar-refractivity contribution is -0.143. The Kier molecular flexibility index (Phi) is 9.45. The number of rotatable bonds is 6. The summed E-state index contributed by atoms with van der Waals surface area (Å²) in [6.07, 6.45) is -8.10. The van der Waals surface area contributed by atoms with E-state index in [1.165, 1.54) is 22.2 Å². The summed E-state index contributed by atoms with van der Waals surface area (Å²) >= 11 is 0. The molecule has 0 spiro atoms. The summed E-state index contributed by atoms with van der Waals surface area (Å²) in [5.74, 6) is -1.16. The predicted molar refractivity (Wildman–Crippen MR) is 130 cm³/mol. The lowest BCUT2D eigenvalue weighted by atomic mass is 9.87. The number of nitrogens with one attached hydrogen (secondary N) is 1. The minimum absolute atomic E-state index is 0. The third-order valence-corrected chi connectivity index (χ3v) is 8.75. The first-order chi connectivity index (χ1) is 18.1. The van der Waals surface area contributed by atoms with E-state index in [2.05, 4.69) is 15.6 Å². The first-order valence-corrected chi connectivity index (χ1v) is 13.3. The van der Waals surface area contributed by atoms with Crippen molar-refractivity contribution in [2.75, 3.05) is 45.9 Å². The average molecular weight is 621 g/mol. The minimum atomic E-state index is -5.19. The van der Waals surface area contributed by atoms with Crippen molar-refractivity contribution in [3.05, 3.63) is 41.1 Å². The fraction of sp³-hybridized carbons (Fsp3) is 0.591. The van der Waals surface area contributed by atoms with Crippen LogP contribution in [0.4, 0.5) is 26.3 Å². The quantitative estimate of drug-likeness (QED) is 0.495. The number of hydrogen-bond acceptors (Lipinski definition) is 7. The number of halogens is 7. The fourth-order valence-electron chi connectivity index (χ4n) is 4.83. The van der Waals surface area contributed by atoms with Gasteiger partial charge in [-0.2, -0.15) is 30.6 Å². The van der Waals surface area contributed by atoms with E-state index in [-0.39, 0.29) is 56.2 Å². The van der Waals surface area contributed by atoms with Crippen LogP contribution in [0.5, 0.6) is 0 Å². The van der Waals surface area contributed by atoms with Gasteiger partial charge >= 0.3 is 12.4 Å². The standard InChI is InChI=1S/C22H26F6N6O4S.ClH/c1-32-13-18(30-31-32)39(36,37)34-8-6-33(7-9-34)20(4-10-38-11-5-20)14-29-19(35)16-3-2-15(21(23,24)25)12-17(16)22(26,27)28;/h2-3,12-13H,4-11,14H2,1H3,(H,29,35);1H. The summed E-state index contributed by atoms with van der Waals surface area (Å²) in [5.41, 5.74) is -4.86. The van der Waals surface area contributed by atoms with Crippen molar-refractivity contribution in [1.29, 1.82) is 0 Å². The van der Waals surface area contributed by atoms with Crippen molar-refractivity contribution in [3.8, 4) is 0 Å². The third-order valence-electron chi connectivity index (χ3n) is 6.99. The van der Waals surface area contributed by atoms with Gasteiger partial charge in [-0.3, -0.25) is 14.4 Å². The number of benzene rings is 1. The highest BCUT2D eigenvalue weighted by molar-refractivity contribution is 7.89. The molecule has 0 atom stereocenters. The molecule has 2 saturated heterocycles. The highest BCUT2D eigenvalue weighted by atomic mass is 35.5. The van der Waals surface area contributed by atoms with Gasteiger partial charge in [0.05, 0.1) is 22.9 Å².